The summed E-state index contributed by atoms with van der Waals surface area (Å²) in [7, 11) is 0. The molecular formula is C10H12FNO. The summed E-state index contributed by atoms with van der Waals surface area (Å²) in [5, 5.41) is 3.19. The highest BCUT2D eigenvalue weighted by Crippen LogP contribution is 2.32. The summed E-state index contributed by atoms with van der Waals surface area (Å²) in [4.78, 5) is 0. The molecule has 0 saturated heterocycles. The summed E-state index contributed by atoms with van der Waals surface area (Å²) in [6, 6.07) is 4.52. The van der Waals surface area contributed by atoms with E-state index in [9.17, 15) is 4.39 Å². The topological polar surface area (TPSA) is 21.3 Å². The van der Waals surface area contributed by atoms with E-state index in [0.717, 1.165) is 12.2 Å². The third kappa shape index (κ3) is 1.59. The minimum Gasteiger partial charge on any atom is -0.484 e. The van der Waals surface area contributed by atoms with Crippen LogP contribution in [0.25, 0.3) is 0 Å². The Kier molecular flexibility index (Phi) is 1.68. The highest BCUT2D eigenvalue weighted by atomic mass is 19.1. The maximum atomic E-state index is 12.8. The Hall–Kier alpha value is -1.25. The maximum Gasteiger partial charge on any atom is 0.146 e. The molecule has 3 heteroatoms. The van der Waals surface area contributed by atoms with Gasteiger partial charge in [0.05, 0.1) is 12.2 Å². The Balaban J connectivity index is 2.38. The van der Waals surface area contributed by atoms with Crippen LogP contribution in [0.4, 0.5) is 10.1 Å². The molecule has 1 N–H and O–H groups in total. The van der Waals surface area contributed by atoms with Gasteiger partial charge in [0.15, 0.2) is 0 Å². The average molecular weight is 181 g/mol. The molecule has 70 valence electrons. The van der Waals surface area contributed by atoms with Gasteiger partial charge in [-0.1, -0.05) is 0 Å². The Morgan fingerprint density at radius 3 is 3.00 bits per heavy atom. The molecule has 0 amide bonds. The smallest absolute Gasteiger partial charge is 0.146 e. The second kappa shape index (κ2) is 2.62. The van der Waals surface area contributed by atoms with E-state index in [0.29, 0.717) is 5.75 Å². The maximum absolute atomic E-state index is 12.8. The first-order valence-corrected chi connectivity index (χ1v) is 4.29. The van der Waals surface area contributed by atoms with Crippen molar-refractivity contribution in [2.45, 2.75) is 19.4 Å². The van der Waals surface area contributed by atoms with E-state index < -0.39 is 0 Å². The van der Waals surface area contributed by atoms with Gasteiger partial charge in [0, 0.05) is 6.07 Å². The van der Waals surface area contributed by atoms with Crippen molar-refractivity contribution in [2.24, 2.45) is 0 Å². The molecule has 2 nitrogen and oxygen atoms in total. The lowest BCUT2D eigenvalue weighted by Gasteiger charge is -2.33. The van der Waals surface area contributed by atoms with E-state index in [-0.39, 0.29) is 11.4 Å². The van der Waals surface area contributed by atoms with Gasteiger partial charge in [0.2, 0.25) is 0 Å². The van der Waals surface area contributed by atoms with Crippen LogP contribution in [-0.2, 0) is 0 Å². The van der Waals surface area contributed by atoms with Crippen molar-refractivity contribution in [1.29, 1.82) is 0 Å². The highest BCUT2D eigenvalue weighted by molar-refractivity contribution is 5.58. The molecule has 0 unspecified atom stereocenters. The van der Waals surface area contributed by atoms with Crippen molar-refractivity contribution >= 4 is 5.69 Å². The van der Waals surface area contributed by atoms with Crippen LogP contribution < -0.4 is 10.1 Å². The van der Waals surface area contributed by atoms with Crippen molar-refractivity contribution < 1.29 is 9.13 Å². The third-order valence-electron chi connectivity index (χ3n) is 2.03. The van der Waals surface area contributed by atoms with E-state index in [2.05, 4.69) is 5.32 Å². The summed E-state index contributed by atoms with van der Waals surface area (Å²) in [6.07, 6.45) is 0. The molecule has 0 bridgehead atoms. The Labute approximate surface area is 76.7 Å². The zero-order valence-corrected chi connectivity index (χ0v) is 7.73. The van der Waals surface area contributed by atoms with E-state index >= 15 is 0 Å². The molecule has 1 aliphatic rings. The molecule has 0 fully saturated rings. The van der Waals surface area contributed by atoms with Crippen LogP contribution in [0, 0.1) is 5.82 Å². The van der Waals surface area contributed by atoms with E-state index in [1.54, 1.807) is 6.07 Å². The third-order valence-corrected chi connectivity index (χ3v) is 2.03. The lowest BCUT2D eigenvalue weighted by Crippen LogP contribution is -2.39. The molecule has 1 heterocycles. The monoisotopic (exact) mass is 181 g/mol. The van der Waals surface area contributed by atoms with Gasteiger partial charge in [0.25, 0.3) is 0 Å². The van der Waals surface area contributed by atoms with Gasteiger partial charge in [-0.05, 0) is 26.0 Å². The average Bonchev–Trinajstić information content (AvgIpc) is 2.01. The summed E-state index contributed by atoms with van der Waals surface area (Å²) >= 11 is 0. The van der Waals surface area contributed by atoms with Gasteiger partial charge in [-0.15, -0.1) is 0 Å². The SMILES string of the molecule is CC1(C)CNc2ccc(F)cc2O1. The first kappa shape index (κ1) is 8.35. The fourth-order valence-corrected chi connectivity index (χ4v) is 1.37. The first-order valence-electron chi connectivity index (χ1n) is 4.29. The van der Waals surface area contributed by atoms with Gasteiger partial charge in [-0.25, -0.2) is 4.39 Å². The molecule has 1 aromatic carbocycles. The molecule has 1 aromatic rings. The molecule has 2 rings (SSSR count). The normalized spacial score (nSPS) is 18.4. The Morgan fingerprint density at radius 1 is 1.46 bits per heavy atom. The molecule has 0 saturated carbocycles. The highest BCUT2D eigenvalue weighted by Gasteiger charge is 2.26. The van der Waals surface area contributed by atoms with Crippen molar-refractivity contribution in [3.05, 3.63) is 24.0 Å². The van der Waals surface area contributed by atoms with Gasteiger partial charge < -0.3 is 10.1 Å². The van der Waals surface area contributed by atoms with Crippen molar-refractivity contribution in [3.63, 3.8) is 0 Å². The number of halogens is 1. The van der Waals surface area contributed by atoms with Crippen molar-refractivity contribution in [1.82, 2.24) is 0 Å². The van der Waals surface area contributed by atoms with E-state index in [1.807, 2.05) is 13.8 Å². The largest absolute Gasteiger partial charge is 0.484 e. The second-order valence-electron chi connectivity index (χ2n) is 3.86. The summed E-state index contributed by atoms with van der Waals surface area (Å²) < 4.78 is 18.4. The zero-order chi connectivity index (χ0) is 9.47. The number of ether oxygens (including phenoxy) is 1. The van der Waals surface area contributed by atoms with Gasteiger partial charge in [0.1, 0.15) is 17.2 Å². The number of hydrogen-bond donors (Lipinski definition) is 1. The van der Waals surface area contributed by atoms with Crippen LogP contribution in [0.1, 0.15) is 13.8 Å². The van der Waals surface area contributed by atoms with Crippen LogP contribution in [-0.4, -0.2) is 12.1 Å². The number of anilines is 1. The van der Waals surface area contributed by atoms with E-state index in [1.165, 1.54) is 12.1 Å². The zero-order valence-electron chi connectivity index (χ0n) is 7.73. The van der Waals surface area contributed by atoms with Crippen LogP contribution in [0.2, 0.25) is 0 Å². The fourth-order valence-electron chi connectivity index (χ4n) is 1.37. The van der Waals surface area contributed by atoms with Gasteiger partial charge in [-0.2, -0.15) is 0 Å². The molecule has 13 heavy (non-hydrogen) atoms. The van der Waals surface area contributed by atoms with E-state index in [4.69, 9.17) is 4.74 Å². The molecule has 0 aromatic heterocycles. The molecule has 1 aliphatic heterocycles. The molecule has 0 aliphatic carbocycles. The van der Waals surface area contributed by atoms with Crippen LogP contribution in [0.5, 0.6) is 5.75 Å². The van der Waals surface area contributed by atoms with Crippen molar-refractivity contribution in [3.8, 4) is 5.75 Å². The predicted octanol–water partition coefficient (Wildman–Crippen LogP) is 2.41. The molecular weight excluding hydrogens is 169 g/mol. The number of benzene rings is 1. The minimum absolute atomic E-state index is 0.263. The number of fused-ring (bicyclic) bond motifs is 1. The molecule has 0 atom stereocenters. The lowest BCUT2D eigenvalue weighted by atomic mass is 10.1. The number of nitrogens with one attached hydrogen (secondary N) is 1. The minimum atomic E-state index is -0.266. The summed E-state index contributed by atoms with van der Waals surface area (Å²) in [6.45, 7) is 4.67. The van der Waals surface area contributed by atoms with Gasteiger partial charge in [-0.3, -0.25) is 0 Å². The fraction of sp³-hybridized carbons (Fsp3) is 0.400. The van der Waals surface area contributed by atoms with Crippen LogP contribution in [0.3, 0.4) is 0 Å². The quantitative estimate of drug-likeness (QED) is 0.663. The number of hydrogen-bond acceptors (Lipinski definition) is 2. The summed E-state index contributed by atoms with van der Waals surface area (Å²) in [5.41, 5.74) is 0.599. The molecule has 0 spiro atoms. The molecule has 0 radical (unpaired) electrons. The van der Waals surface area contributed by atoms with Crippen LogP contribution in [0.15, 0.2) is 18.2 Å². The lowest BCUT2D eigenvalue weighted by molar-refractivity contribution is 0.115. The number of rotatable bonds is 0. The van der Waals surface area contributed by atoms with Gasteiger partial charge >= 0.3 is 0 Å². The summed E-state index contributed by atoms with van der Waals surface area (Å²) in [5.74, 6) is 0.328. The Bertz CT molecular complexity index is 336. The standard InChI is InChI=1S/C10H12FNO/c1-10(2)6-12-8-4-3-7(11)5-9(8)13-10/h3-5,12H,6H2,1-2H3. The van der Waals surface area contributed by atoms with Crippen molar-refractivity contribution in [2.75, 3.05) is 11.9 Å². The predicted molar refractivity (Wildman–Crippen MR) is 49.6 cm³/mol. The second-order valence-corrected chi connectivity index (χ2v) is 3.86. The first-order chi connectivity index (χ1) is 6.07. The van der Waals surface area contributed by atoms with Crippen LogP contribution >= 0.6 is 0 Å². The Morgan fingerprint density at radius 2 is 2.23 bits per heavy atom.